The van der Waals surface area contributed by atoms with E-state index in [9.17, 15) is 12.9 Å². The van der Waals surface area contributed by atoms with Crippen molar-refractivity contribution in [2.75, 3.05) is 6.44 Å². The zero-order valence-corrected chi connectivity index (χ0v) is 5.50. The summed E-state index contributed by atoms with van der Waals surface area (Å²) in [5.41, 5.74) is 0. The molecule has 0 fully saturated rings. The van der Waals surface area contributed by atoms with Crippen LogP contribution in [0.3, 0.4) is 0 Å². The van der Waals surface area contributed by atoms with Gasteiger partial charge in [0.25, 0.3) is 0 Å². The topological polar surface area (TPSA) is 12.0 Å². The van der Waals surface area contributed by atoms with E-state index in [4.69, 9.17) is 0 Å². The fraction of sp³-hybridized carbons (Fsp3) is 1.00. The van der Waals surface area contributed by atoms with E-state index in [-0.39, 0.29) is 6.04 Å². The lowest BCUT2D eigenvalue weighted by Crippen LogP contribution is -2.37. The van der Waals surface area contributed by atoms with Crippen LogP contribution >= 0.6 is 0 Å². The second-order valence-electron chi connectivity index (χ2n) is 2.27. The van der Waals surface area contributed by atoms with Crippen LogP contribution in [0.15, 0.2) is 0 Å². The van der Waals surface area contributed by atoms with Crippen molar-refractivity contribution in [2.24, 2.45) is 0 Å². The largest absolute Gasteiger partial charge is 0.491 e. The molecule has 5 heteroatoms. The molecule has 0 amide bonds. The lowest BCUT2D eigenvalue weighted by Gasteiger charge is -2.16. The molecular formula is C4H10BF3N-. The summed E-state index contributed by atoms with van der Waals surface area (Å²) in [6.07, 6.45) is -0.836. The van der Waals surface area contributed by atoms with Gasteiger partial charge in [0, 0.05) is 0 Å². The van der Waals surface area contributed by atoms with E-state index in [0.717, 1.165) is 0 Å². The van der Waals surface area contributed by atoms with Gasteiger partial charge in [0.1, 0.15) is 0 Å². The zero-order valence-electron chi connectivity index (χ0n) is 5.50. The summed E-state index contributed by atoms with van der Waals surface area (Å²) in [5, 5.41) is 2.29. The highest BCUT2D eigenvalue weighted by molar-refractivity contribution is 6.58. The second-order valence-corrected chi connectivity index (χ2v) is 2.27. The number of hydrogen-bond donors (Lipinski definition) is 1. The molecule has 0 aromatic rings. The molecule has 56 valence electrons. The van der Waals surface area contributed by atoms with Crippen molar-refractivity contribution in [2.45, 2.75) is 19.9 Å². The molecule has 0 radical (unpaired) electrons. The van der Waals surface area contributed by atoms with Crippen LogP contribution in [0.4, 0.5) is 12.9 Å². The van der Waals surface area contributed by atoms with E-state index in [2.05, 4.69) is 5.32 Å². The molecule has 0 heterocycles. The van der Waals surface area contributed by atoms with E-state index in [0.29, 0.717) is 0 Å². The van der Waals surface area contributed by atoms with Gasteiger partial charge in [-0.05, 0) is 12.5 Å². The predicted octanol–water partition coefficient (Wildman–Crippen LogP) is 1.37. The number of nitrogens with one attached hydrogen (secondary N) is 1. The fourth-order valence-corrected chi connectivity index (χ4v) is 0.369. The van der Waals surface area contributed by atoms with Gasteiger partial charge in [-0.3, -0.25) is 0 Å². The molecular weight excluding hydrogens is 130 g/mol. The Morgan fingerprint density at radius 1 is 1.33 bits per heavy atom. The Bertz CT molecular complexity index is 80.4. The fourth-order valence-electron chi connectivity index (χ4n) is 0.369. The molecule has 9 heavy (non-hydrogen) atoms. The molecule has 0 aliphatic rings. The van der Waals surface area contributed by atoms with Gasteiger partial charge in [0.2, 0.25) is 0 Å². The second kappa shape index (κ2) is 3.10. The van der Waals surface area contributed by atoms with Crippen LogP contribution in [0.1, 0.15) is 13.8 Å². The summed E-state index contributed by atoms with van der Waals surface area (Å²) in [7, 11) is 0. The lowest BCUT2D eigenvalue weighted by atomic mass is 9.92. The van der Waals surface area contributed by atoms with E-state index >= 15 is 0 Å². The third kappa shape index (κ3) is 7.81. The third-order valence-corrected chi connectivity index (χ3v) is 0.758. The number of rotatable bonds is 3. The Labute approximate surface area is 52.7 Å². The molecule has 1 N–H and O–H groups in total. The van der Waals surface area contributed by atoms with Crippen molar-refractivity contribution in [3.63, 3.8) is 0 Å². The van der Waals surface area contributed by atoms with Crippen LogP contribution in [0, 0.1) is 0 Å². The van der Waals surface area contributed by atoms with E-state index in [1.54, 1.807) is 13.8 Å². The first kappa shape index (κ1) is 8.81. The molecule has 0 aromatic heterocycles. The van der Waals surface area contributed by atoms with Crippen molar-refractivity contribution < 1.29 is 12.9 Å². The molecule has 0 saturated carbocycles. The average molecular weight is 140 g/mol. The van der Waals surface area contributed by atoms with E-state index in [1.807, 2.05) is 0 Å². The predicted molar refractivity (Wildman–Crippen MR) is 32.2 cm³/mol. The molecule has 1 nitrogen and oxygen atoms in total. The Morgan fingerprint density at radius 2 is 1.78 bits per heavy atom. The van der Waals surface area contributed by atoms with E-state index in [1.165, 1.54) is 0 Å². The van der Waals surface area contributed by atoms with Gasteiger partial charge in [0.05, 0.1) is 0 Å². The number of halogens is 3. The van der Waals surface area contributed by atoms with Gasteiger partial charge in [-0.2, -0.15) is 0 Å². The minimum atomic E-state index is -4.64. The lowest BCUT2D eigenvalue weighted by molar-refractivity contribution is 0.447. The van der Waals surface area contributed by atoms with Crippen molar-refractivity contribution in [1.29, 1.82) is 0 Å². The first-order valence-corrected chi connectivity index (χ1v) is 2.86. The Kier molecular flexibility index (Phi) is 3.04. The van der Waals surface area contributed by atoms with Crippen molar-refractivity contribution in [3.05, 3.63) is 0 Å². The summed E-state index contributed by atoms with van der Waals surface area (Å²) < 4.78 is 34.2. The molecule has 0 aliphatic carbocycles. The summed E-state index contributed by atoms with van der Waals surface area (Å²) in [6.45, 7) is -1.28. The third-order valence-electron chi connectivity index (χ3n) is 0.758. The maximum atomic E-state index is 11.4. The molecule has 0 atom stereocenters. The van der Waals surface area contributed by atoms with Crippen molar-refractivity contribution in [1.82, 2.24) is 5.32 Å². The smallest absolute Gasteiger partial charge is 0.448 e. The Morgan fingerprint density at radius 3 is 1.89 bits per heavy atom. The van der Waals surface area contributed by atoms with Crippen LogP contribution in [0.5, 0.6) is 0 Å². The highest BCUT2D eigenvalue weighted by Crippen LogP contribution is 2.05. The highest BCUT2D eigenvalue weighted by atomic mass is 19.4. The molecule has 0 aromatic carbocycles. The van der Waals surface area contributed by atoms with E-state index < -0.39 is 13.4 Å². The van der Waals surface area contributed by atoms with Gasteiger partial charge in [-0.25, -0.2) is 0 Å². The first-order chi connectivity index (χ1) is 3.92. The van der Waals surface area contributed by atoms with Gasteiger partial charge in [-0.15, -0.1) is 0 Å². The summed E-state index contributed by atoms with van der Waals surface area (Å²) in [5.74, 6) is 0. The summed E-state index contributed by atoms with van der Waals surface area (Å²) in [4.78, 5) is 0. The average Bonchev–Trinajstić information content (AvgIpc) is 1.59. The Hall–Kier alpha value is -0.185. The minimum Gasteiger partial charge on any atom is -0.448 e. The normalized spacial score (nSPS) is 12.7. The SMILES string of the molecule is CC(C)NC[B-](F)(F)F. The summed E-state index contributed by atoms with van der Waals surface area (Å²) in [6, 6.07) is -0.0894. The van der Waals surface area contributed by atoms with Crippen LogP contribution in [0.25, 0.3) is 0 Å². The maximum Gasteiger partial charge on any atom is 0.491 e. The zero-order chi connectivity index (χ0) is 7.49. The summed E-state index contributed by atoms with van der Waals surface area (Å²) >= 11 is 0. The first-order valence-electron chi connectivity index (χ1n) is 2.86. The molecule has 0 aliphatic heterocycles. The van der Waals surface area contributed by atoms with Gasteiger partial charge in [-0.1, -0.05) is 13.8 Å². The van der Waals surface area contributed by atoms with Crippen molar-refractivity contribution in [3.8, 4) is 0 Å². The van der Waals surface area contributed by atoms with Crippen LogP contribution in [-0.4, -0.2) is 19.5 Å². The van der Waals surface area contributed by atoms with Crippen LogP contribution in [0.2, 0.25) is 0 Å². The van der Waals surface area contributed by atoms with Crippen LogP contribution in [-0.2, 0) is 0 Å². The molecule has 0 unspecified atom stereocenters. The standard InChI is InChI=1S/C4H10BF3N/c1-4(2)9-3-5(6,7)8/h4,9H,3H2,1-2H3/q-1. The molecule has 0 rings (SSSR count). The molecule has 0 bridgehead atoms. The highest BCUT2D eigenvalue weighted by Gasteiger charge is 2.21. The van der Waals surface area contributed by atoms with Gasteiger partial charge in [0.15, 0.2) is 0 Å². The quantitative estimate of drug-likeness (QED) is 0.583. The minimum absolute atomic E-state index is 0.0894. The van der Waals surface area contributed by atoms with Gasteiger partial charge >= 0.3 is 6.98 Å². The molecule has 0 spiro atoms. The maximum absolute atomic E-state index is 11.4. The van der Waals surface area contributed by atoms with Crippen molar-refractivity contribution >= 4 is 6.98 Å². The monoisotopic (exact) mass is 140 g/mol. The van der Waals surface area contributed by atoms with Gasteiger partial charge < -0.3 is 18.3 Å². The molecule has 0 saturated heterocycles. The Balaban J connectivity index is 3.28. The van der Waals surface area contributed by atoms with Crippen LogP contribution < -0.4 is 5.32 Å². The number of hydrogen-bond acceptors (Lipinski definition) is 1.